The van der Waals surface area contributed by atoms with Crippen LogP contribution in [-0.4, -0.2) is 17.2 Å². The Morgan fingerprint density at radius 1 is 1.16 bits per heavy atom. The van der Waals surface area contributed by atoms with E-state index in [2.05, 4.69) is 73.0 Å². The highest BCUT2D eigenvalue weighted by molar-refractivity contribution is 5.68. The van der Waals surface area contributed by atoms with Gasteiger partial charge in [-0.05, 0) is 30.7 Å². The predicted octanol–water partition coefficient (Wildman–Crippen LogP) is 3.29. The lowest BCUT2D eigenvalue weighted by molar-refractivity contribution is 0.419. The molecule has 0 spiro atoms. The minimum Gasteiger partial charge on any atom is -0.367 e. The number of hydrogen-bond donors (Lipinski definition) is 0. The Morgan fingerprint density at radius 3 is 2.68 bits per heavy atom. The zero-order valence-corrected chi connectivity index (χ0v) is 11.8. The Hall–Kier alpha value is -1.70. The minimum atomic E-state index is 0.252. The molecule has 2 aliphatic rings. The van der Waals surface area contributed by atoms with E-state index < -0.39 is 0 Å². The first-order valence-corrected chi connectivity index (χ1v) is 7.10. The number of fused-ring (bicyclic) bond motifs is 5. The van der Waals surface area contributed by atoms with E-state index in [1.165, 1.54) is 16.9 Å². The van der Waals surface area contributed by atoms with Gasteiger partial charge in [0.15, 0.2) is 0 Å². The van der Waals surface area contributed by atoms with Gasteiger partial charge in [0.05, 0.1) is 0 Å². The van der Waals surface area contributed by atoms with Gasteiger partial charge < -0.3 is 9.47 Å². The highest BCUT2D eigenvalue weighted by Crippen LogP contribution is 2.57. The summed E-state index contributed by atoms with van der Waals surface area (Å²) in [6, 6.07) is 14.0. The molecular formula is C17H20N2. The fourth-order valence-electron chi connectivity index (χ4n) is 4.44. The van der Waals surface area contributed by atoms with Crippen molar-refractivity contribution in [2.45, 2.75) is 31.2 Å². The van der Waals surface area contributed by atoms with Gasteiger partial charge in [-0.3, -0.25) is 0 Å². The number of rotatable bonds is 1. The van der Waals surface area contributed by atoms with Gasteiger partial charge in [0.2, 0.25) is 0 Å². The zero-order valence-electron chi connectivity index (χ0n) is 11.8. The summed E-state index contributed by atoms with van der Waals surface area (Å²) in [6.07, 6.45) is 2.17. The van der Waals surface area contributed by atoms with Gasteiger partial charge in [-0.15, -0.1) is 0 Å². The number of nitrogens with zero attached hydrogens (tertiary/aromatic N) is 2. The lowest BCUT2D eigenvalue weighted by Crippen LogP contribution is -2.35. The highest BCUT2D eigenvalue weighted by Gasteiger charge is 2.56. The third-order valence-electron chi connectivity index (χ3n) is 5.29. The van der Waals surface area contributed by atoms with Gasteiger partial charge in [-0.25, -0.2) is 0 Å². The summed E-state index contributed by atoms with van der Waals surface area (Å²) in [5.41, 5.74) is 4.69. The fourth-order valence-corrected chi connectivity index (χ4v) is 4.44. The lowest BCUT2D eigenvalue weighted by Gasteiger charge is -2.37. The summed E-state index contributed by atoms with van der Waals surface area (Å²) < 4.78 is 2.29. The monoisotopic (exact) mass is 252 g/mol. The Balaban J connectivity index is 1.92. The molecule has 2 nitrogen and oxygen atoms in total. The summed E-state index contributed by atoms with van der Waals surface area (Å²) >= 11 is 0. The van der Waals surface area contributed by atoms with Crippen molar-refractivity contribution in [3.05, 3.63) is 53.9 Å². The maximum Gasteiger partial charge on any atom is 0.0408 e. The van der Waals surface area contributed by atoms with Gasteiger partial charge in [0, 0.05) is 48.5 Å². The van der Waals surface area contributed by atoms with Crippen molar-refractivity contribution >= 4 is 5.69 Å². The fraction of sp³-hybridized carbons (Fsp3) is 0.412. The molecule has 2 aromatic rings. The third kappa shape index (κ3) is 1.22. The van der Waals surface area contributed by atoms with Crippen molar-refractivity contribution in [3.63, 3.8) is 0 Å². The second-order valence-corrected chi connectivity index (χ2v) is 6.32. The van der Waals surface area contributed by atoms with Crippen molar-refractivity contribution in [1.29, 1.82) is 0 Å². The summed E-state index contributed by atoms with van der Waals surface area (Å²) in [5.74, 6) is 0.586. The maximum atomic E-state index is 2.59. The van der Waals surface area contributed by atoms with E-state index in [9.17, 15) is 0 Å². The molecule has 0 N–H and O–H groups in total. The summed E-state index contributed by atoms with van der Waals surface area (Å²) in [4.78, 5) is 2.59. The van der Waals surface area contributed by atoms with Gasteiger partial charge in [-0.2, -0.15) is 0 Å². The molecule has 1 aromatic carbocycles. The molecule has 1 aromatic heterocycles. The molecule has 3 atom stereocenters. The first kappa shape index (κ1) is 11.2. The molecule has 0 amide bonds. The molecule has 98 valence electrons. The number of hydrogen-bond acceptors (Lipinski definition) is 1. The number of benzene rings is 1. The topological polar surface area (TPSA) is 8.17 Å². The van der Waals surface area contributed by atoms with Gasteiger partial charge in [0.25, 0.3) is 0 Å². The number of anilines is 1. The molecule has 0 saturated carbocycles. The quantitative estimate of drug-likeness (QED) is 0.756. The Morgan fingerprint density at radius 2 is 1.95 bits per heavy atom. The molecular weight excluding hydrogens is 232 g/mol. The molecule has 2 unspecified atom stereocenters. The van der Waals surface area contributed by atoms with Crippen LogP contribution in [-0.2, 0) is 12.5 Å². The van der Waals surface area contributed by atoms with Crippen LogP contribution < -0.4 is 4.90 Å². The molecule has 0 radical (unpaired) electrons. The second-order valence-electron chi connectivity index (χ2n) is 6.32. The molecule has 2 bridgehead atoms. The zero-order chi connectivity index (χ0) is 13.2. The summed E-state index contributed by atoms with van der Waals surface area (Å²) in [6.45, 7) is 5.97. The van der Waals surface area contributed by atoms with Crippen LogP contribution in [0, 0.1) is 0 Å². The summed E-state index contributed by atoms with van der Waals surface area (Å²) in [5, 5.41) is 0. The smallest absolute Gasteiger partial charge is 0.0408 e. The SMILES string of the molecule is C[C@@H]1C(c2cccn2C)C2(C)CN1c1ccccc12. The average Bonchev–Trinajstić information content (AvgIpc) is 3.01. The van der Waals surface area contributed by atoms with Gasteiger partial charge in [0.1, 0.15) is 0 Å². The van der Waals surface area contributed by atoms with Crippen molar-refractivity contribution < 1.29 is 0 Å². The van der Waals surface area contributed by atoms with Crippen molar-refractivity contribution in [2.24, 2.45) is 7.05 Å². The van der Waals surface area contributed by atoms with Crippen LogP contribution in [0.1, 0.15) is 31.0 Å². The molecule has 4 rings (SSSR count). The Bertz CT molecular complexity index is 642. The molecule has 0 aliphatic carbocycles. The summed E-state index contributed by atoms with van der Waals surface area (Å²) in [7, 11) is 2.17. The van der Waals surface area contributed by atoms with E-state index in [0.717, 1.165) is 6.54 Å². The largest absolute Gasteiger partial charge is 0.367 e. The van der Waals surface area contributed by atoms with E-state index >= 15 is 0 Å². The first-order chi connectivity index (χ1) is 9.13. The van der Waals surface area contributed by atoms with E-state index in [0.29, 0.717) is 12.0 Å². The van der Waals surface area contributed by atoms with E-state index in [-0.39, 0.29) is 5.41 Å². The minimum absolute atomic E-state index is 0.252. The number of aryl methyl sites for hydroxylation is 1. The van der Waals surface area contributed by atoms with Crippen LogP contribution in [0.2, 0.25) is 0 Å². The Kier molecular flexibility index (Phi) is 2.02. The van der Waals surface area contributed by atoms with Crippen LogP contribution >= 0.6 is 0 Å². The van der Waals surface area contributed by atoms with E-state index in [4.69, 9.17) is 0 Å². The number of aromatic nitrogens is 1. The molecule has 2 aliphatic heterocycles. The van der Waals surface area contributed by atoms with E-state index in [1.54, 1.807) is 0 Å². The van der Waals surface area contributed by atoms with Crippen LogP contribution in [0.25, 0.3) is 0 Å². The van der Waals surface area contributed by atoms with E-state index in [1.807, 2.05) is 0 Å². The standard InChI is InChI=1S/C17H20N2/c1-12-16(15-9-6-10-18(15)3)17(2)11-19(12)14-8-5-4-7-13(14)17/h4-10,12,16H,11H2,1-3H3/t12-,16?,17?/m1/s1. The van der Waals surface area contributed by atoms with Crippen molar-refractivity contribution in [3.8, 4) is 0 Å². The van der Waals surface area contributed by atoms with Crippen molar-refractivity contribution in [1.82, 2.24) is 4.57 Å². The van der Waals surface area contributed by atoms with Gasteiger partial charge >= 0.3 is 0 Å². The number of para-hydroxylation sites is 1. The maximum absolute atomic E-state index is 2.59. The van der Waals surface area contributed by atoms with Crippen LogP contribution in [0.4, 0.5) is 5.69 Å². The second kappa shape index (κ2) is 3.44. The normalized spacial score (nSPS) is 31.8. The first-order valence-electron chi connectivity index (χ1n) is 7.10. The third-order valence-corrected chi connectivity index (χ3v) is 5.29. The molecule has 19 heavy (non-hydrogen) atoms. The van der Waals surface area contributed by atoms with Crippen LogP contribution in [0.3, 0.4) is 0 Å². The van der Waals surface area contributed by atoms with Crippen LogP contribution in [0.5, 0.6) is 0 Å². The molecule has 1 fully saturated rings. The molecule has 3 heterocycles. The highest BCUT2D eigenvalue weighted by atomic mass is 15.2. The lowest BCUT2D eigenvalue weighted by atomic mass is 9.70. The predicted molar refractivity (Wildman–Crippen MR) is 78.8 cm³/mol. The van der Waals surface area contributed by atoms with Crippen molar-refractivity contribution in [2.75, 3.05) is 11.4 Å². The Labute approximate surface area is 114 Å². The average molecular weight is 252 g/mol. The molecule has 1 saturated heterocycles. The molecule has 2 heteroatoms. The van der Waals surface area contributed by atoms with Gasteiger partial charge in [-0.1, -0.05) is 25.1 Å². The van der Waals surface area contributed by atoms with Crippen LogP contribution in [0.15, 0.2) is 42.6 Å².